The first-order valence-electron chi connectivity index (χ1n) is 7.50. The Kier molecular flexibility index (Phi) is 5.75. The Morgan fingerprint density at radius 2 is 1.81 bits per heavy atom. The molecule has 1 amide bonds. The lowest BCUT2D eigenvalue weighted by molar-refractivity contribution is -0.147. The van der Waals surface area contributed by atoms with Crippen LogP contribution < -0.4 is 15.7 Å². The molecule has 2 N–H and O–H groups in total. The van der Waals surface area contributed by atoms with Crippen molar-refractivity contribution in [2.75, 3.05) is 11.9 Å². The van der Waals surface area contributed by atoms with E-state index in [0.717, 1.165) is 7.05 Å². The van der Waals surface area contributed by atoms with E-state index in [0.29, 0.717) is 14.9 Å². The van der Waals surface area contributed by atoms with Crippen molar-refractivity contribution in [3.8, 4) is 0 Å². The summed E-state index contributed by atoms with van der Waals surface area (Å²) in [4.78, 5) is 22.6. The summed E-state index contributed by atoms with van der Waals surface area (Å²) < 4.78 is 65.6. The van der Waals surface area contributed by atoms with Gasteiger partial charge in [0.15, 0.2) is 0 Å². The number of anilines is 1. The molecule has 0 saturated heterocycles. The number of benzene rings is 1. The van der Waals surface area contributed by atoms with E-state index in [1.54, 1.807) is 0 Å². The van der Waals surface area contributed by atoms with Crippen molar-refractivity contribution in [1.82, 2.24) is 19.1 Å². The van der Waals surface area contributed by atoms with Gasteiger partial charge in [-0.25, -0.2) is 22.6 Å². The zero-order chi connectivity index (χ0) is 20.4. The Labute approximate surface area is 151 Å². The third kappa shape index (κ3) is 4.95. The minimum absolute atomic E-state index is 0.110. The number of carbonyl (C=O) groups excluding carboxylic acids is 1. The molecule has 148 valence electrons. The Hall–Kier alpha value is -2.67. The third-order valence-electron chi connectivity index (χ3n) is 3.40. The lowest BCUT2D eigenvalue weighted by Gasteiger charge is -2.08. The number of rotatable bonds is 6. The van der Waals surface area contributed by atoms with Crippen molar-refractivity contribution < 1.29 is 26.4 Å². The molecular weight excluding hydrogens is 391 g/mol. The Bertz CT molecular complexity index is 993. The maximum atomic E-state index is 12.7. The molecule has 9 nitrogen and oxygen atoms in total. The second-order valence-electron chi connectivity index (χ2n) is 5.49. The van der Waals surface area contributed by atoms with Gasteiger partial charge in [0.05, 0.1) is 11.4 Å². The minimum atomic E-state index is -4.80. The van der Waals surface area contributed by atoms with Crippen molar-refractivity contribution in [1.29, 1.82) is 0 Å². The summed E-state index contributed by atoms with van der Waals surface area (Å²) in [5.41, 5.74) is -0.609. The first kappa shape index (κ1) is 20.6. The van der Waals surface area contributed by atoms with Crippen LogP contribution in [0.4, 0.5) is 18.9 Å². The Balaban J connectivity index is 2.06. The topological polar surface area (TPSA) is 115 Å². The molecule has 27 heavy (non-hydrogen) atoms. The number of amides is 1. The van der Waals surface area contributed by atoms with Crippen LogP contribution in [0.5, 0.6) is 0 Å². The number of alkyl halides is 3. The van der Waals surface area contributed by atoms with Crippen LogP contribution in [0.2, 0.25) is 0 Å². The van der Waals surface area contributed by atoms with E-state index in [9.17, 15) is 31.2 Å². The summed E-state index contributed by atoms with van der Waals surface area (Å²) >= 11 is 0. The SMILES string of the molecule is CC(=O)Nc1ccc(S(=O)(=O)NCCn2nc(C(F)(F)F)n(C)c2=O)cc1. The Morgan fingerprint density at radius 3 is 2.30 bits per heavy atom. The number of halogens is 3. The molecule has 0 aliphatic rings. The van der Waals surface area contributed by atoms with E-state index < -0.39 is 27.7 Å². The standard InChI is InChI=1S/C14H16F3N5O4S/c1-9(23)19-10-3-5-11(6-4-10)27(25,26)18-7-8-22-13(24)21(2)12(20-22)14(15,16)17/h3-6,18H,7-8H2,1-2H3,(H,19,23). The molecule has 0 bridgehead atoms. The highest BCUT2D eigenvalue weighted by molar-refractivity contribution is 7.89. The maximum absolute atomic E-state index is 12.7. The van der Waals surface area contributed by atoms with Crippen LogP contribution in [0.15, 0.2) is 34.0 Å². The molecule has 2 rings (SSSR count). The van der Waals surface area contributed by atoms with Gasteiger partial charge in [0.2, 0.25) is 21.8 Å². The molecule has 1 aromatic heterocycles. The fourth-order valence-electron chi connectivity index (χ4n) is 2.17. The van der Waals surface area contributed by atoms with Gasteiger partial charge in [-0.15, -0.1) is 5.10 Å². The summed E-state index contributed by atoms with van der Waals surface area (Å²) in [6, 6.07) is 5.27. The average Bonchev–Trinajstić information content (AvgIpc) is 2.83. The van der Waals surface area contributed by atoms with Crippen LogP contribution in [0.25, 0.3) is 0 Å². The number of hydrogen-bond donors (Lipinski definition) is 2. The van der Waals surface area contributed by atoms with Gasteiger partial charge in [0.25, 0.3) is 0 Å². The molecule has 0 aliphatic carbocycles. The van der Waals surface area contributed by atoms with Gasteiger partial charge in [-0.05, 0) is 24.3 Å². The second-order valence-corrected chi connectivity index (χ2v) is 7.26. The Morgan fingerprint density at radius 1 is 1.22 bits per heavy atom. The van der Waals surface area contributed by atoms with E-state index in [-0.39, 0.29) is 23.9 Å². The summed E-state index contributed by atoms with van der Waals surface area (Å²) in [5, 5.41) is 5.66. The number of hydrogen-bond acceptors (Lipinski definition) is 5. The van der Waals surface area contributed by atoms with E-state index in [1.165, 1.54) is 31.2 Å². The highest BCUT2D eigenvalue weighted by Crippen LogP contribution is 2.25. The van der Waals surface area contributed by atoms with Crippen LogP contribution in [0, 0.1) is 0 Å². The summed E-state index contributed by atoms with van der Waals surface area (Å²) in [6.45, 7) is 0.575. The first-order chi connectivity index (χ1) is 12.4. The molecule has 0 atom stereocenters. The smallest absolute Gasteiger partial charge is 0.326 e. The van der Waals surface area contributed by atoms with Crippen LogP contribution in [0.1, 0.15) is 12.7 Å². The third-order valence-corrected chi connectivity index (χ3v) is 4.87. The zero-order valence-corrected chi connectivity index (χ0v) is 15.1. The molecule has 0 saturated carbocycles. The summed E-state index contributed by atoms with van der Waals surface area (Å²) in [5.74, 6) is -1.69. The van der Waals surface area contributed by atoms with Crippen LogP contribution in [-0.2, 0) is 34.6 Å². The monoisotopic (exact) mass is 407 g/mol. The number of sulfonamides is 1. The molecule has 0 aliphatic heterocycles. The number of carbonyl (C=O) groups is 1. The minimum Gasteiger partial charge on any atom is -0.326 e. The molecule has 2 aromatic rings. The molecule has 1 aromatic carbocycles. The molecule has 0 unspecified atom stereocenters. The van der Waals surface area contributed by atoms with Gasteiger partial charge in [-0.2, -0.15) is 13.2 Å². The van der Waals surface area contributed by atoms with Gasteiger partial charge in [0, 0.05) is 26.2 Å². The van der Waals surface area contributed by atoms with Gasteiger partial charge < -0.3 is 5.32 Å². The quantitative estimate of drug-likeness (QED) is 0.725. The first-order valence-corrected chi connectivity index (χ1v) is 8.98. The zero-order valence-electron chi connectivity index (χ0n) is 14.2. The number of nitrogens with zero attached hydrogens (tertiary/aromatic N) is 3. The molecular formula is C14H16F3N5O4S. The van der Waals surface area contributed by atoms with E-state index in [1.807, 2.05) is 0 Å². The van der Waals surface area contributed by atoms with E-state index >= 15 is 0 Å². The molecule has 0 fully saturated rings. The normalized spacial score (nSPS) is 12.2. The largest absolute Gasteiger partial charge is 0.451 e. The van der Waals surface area contributed by atoms with Gasteiger partial charge in [-0.1, -0.05) is 0 Å². The summed E-state index contributed by atoms with van der Waals surface area (Å²) in [7, 11) is -3.03. The van der Waals surface area contributed by atoms with Crippen molar-refractivity contribution >= 4 is 21.6 Å². The molecule has 0 radical (unpaired) electrons. The molecule has 1 heterocycles. The van der Waals surface area contributed by atoms with Crippen molar-refractivity contribution in [2.24, 2.45) is 7.05 Å². The predicted molar refractivity (Wildman–Crippen MR) is 88.4 cm³/mol. The van der Waals surface area contributed by atoms with Crippen molar-refractivity contribution in [2.45, 2.75) is 24.5 Å². The van der Waals surface area contributed by atoms with Gasteiger partial charge in [-0.3, -0.25) is 9.36 Å². The number of aromatic nitrogens is 3. The van der Waals surface area contributed by atoms with E-state index in [2.05, 4.69) is 15.1 Å². The number of nitrogens with one attached hydrogen (secondary N) is 2. The average molecular weight is 407 g/mol. The highest BCUT2D eigenvalue weighted by atomic mass is 32.2. The fourth-order valence-corrected chi connectivity index (χ4v) is 3.19. The lowest BCUT2D eigenvalue weighted by Crippen LogP contribution is -2.31. The lowest BCUT2D eigenvalue weighted by atomic mass is 10.3. The second kappa shape index (κ2) is 7.52. The van der Waals surface area contributed by atoms with Crippen LogP contribution in [-0.4, -0.2) is 35.2 Å². The van der Waals surface area contributed by atoms with Crippen molar-refractivity contribution in [3.05, 3.63) is 40.6 Å². The fraction of sp³-hybridized carbons (Fsp3) is 0.357. The van der Waals surface area contributed by atoms with Crippen LogP contribution in [0.3, 0.4) is 0 Å². The van der Waals surface area contributed by atoms with Gasteiger partial charge >= 0.3 is 11.9 Å². The summed E-state index contributed by atoms with van der Waals surface area (Å²) in [6.07, 6.45) is -4.80. The predicted octanol–water partition coefficient (Wildman–Crippen LogP) is 0.537. The highest BCUT2D eigenvalue weighted by Gasteiger charge is 2.37. The molecule has 13 heteroatoms. The van der Waals surface area contributed by atoms with Gasteiger partial charge in [0.1, 0.15) is 0 Å². The maximum Gasteiger partial charge on any atom is 0.451 e. The van der Waals surface area contributed by atoms with Crippen LogP contribution >= 0.6 is 0 Å². The van der Waals surface area contributed by atoms with Crippen molar-refractivity contribution in [3.63, 3.8) is 0 Å². The molecule has 0 spiro atoms. The van der Waals surface area contributed by atoms with E-state index in [4.69, 9.17) is 0 Å².